The fourth-order valence-electron chi connectivity index (χ4n) is 4.74. The first-order valence-corrected chi connectivity index (χ1v) is 13.3. The van der Waals surface area contributed by atoms with Crippen molar-refractivity contribution in [1.29, 1.82) is 5.26 Å². The van der Waals surface area contributed by atoms with Gasteiger partial charge >= 0.3 is 0 Å². The smallest absolute Gasteiger partial charge is 0.246 e. The van der Waals surface area contributed by atoms with Gasteiger partial charge in [0.2, 0.25) is 15.9 Å². The van der Waals surface area contributed by atoms with Gasteiger partial charge in [0.15, 0.2) is 0 Å². The average Bonchev–Trinajstić information content (AvgIpc) is 3.44. The van der Waals surface area contributed by atoms with Gasteiger partial charge in [-0.3, -0.25) is 4.79 Å². The molecule has 0 radical (unpaired) electrons. The summed E-state index contributed by atoms with van der Waals surface area (Å²) in [6.45, 7) is 1.81. The van der Waals surface area contributed by atoms with Gasteiger partial charge in [0.1, 0.15) is 6.04 Å². The number of nitrogens with zero attached hydrogens (tertiary/aromatic N) is 4. The first-order valence-electron chi connectivity index (χ1n) is 11.9. The van der Waals surface area contributed by atoms with Crippen LogP contribution in [0.3, 0.4) is 0 Å². The highest BCUT2D eigenvalue weighted by molar-refractivity contribution is 7.89. The molecule has 2 unspecified atom stereocenters. The number of aromatic nitrogens is 2. The summed E-state index contributed by atoms with van der Waals surface area (Å²) in [6, 6.07) is 23.2. The largest absolute Gasteiger partial charge is 0.347 e. The maximum Gasteiger partial charge on any atom is 0.246 e. The molecule has 3 aromatic carbocycles. The molecule has 186 valence electrons. The summed E-state index contributed by atoms with van der Waals surface area (Å²) in [5, 5.41) is 9.56. The lowest BCUT2D eigenvalue weighted by Crippen LogP contribution is -2.50. The Morgan fingerprint density at radius 1 is 1.08 bits per heavy atom. The van der Waals surface area contributed by atoms with Crippen LogP contribution in [-0.2, 0) is 27.8 Å². The number of carbonyl (C=O) groups is 1. The van der Waals surface area contributed by atoms with E-state index in [0.717, 1.165) is 5.56 Å². The average molecular weight is 512 g/mol. The van der Waals surface area contributed by atoms with Gasteiger partial charge in [-0.05, 0) is 54.8 Å². The van der Waals surface area contributed by atoms with Gasteiger partial charge in [0.05, 0.1) is 40.8 Å². The minimum Gasteiger partial charge on any atom is -0.347 e. The van der Waals surface area contributed by atoms with E-state index in [1.54, 1.807) is 53.8 Å². The van der Waals surface area contributed by atoms with Crippen LogP contribution in [0.25, 0.3) is 0 Å². The molecule has 2 atom stereocenters. The van der Waals surface area contributed by atoms with E-state index < -0.39 is 22.1 Å². The summed E-state index contributed by atoms with van der Waals surface area (Å²) in [6.07, 6.45) is 3.38. The molecule has 0 saturated carbocycles. The van der Waals surface area contributed by atoms with E-state index in [9.17, 15) is 18.5 Å². The van der Waals surface area contributed by atoms with Crippen LogP contribution in [0.5, 0.6) is 0 Å². The number of amides is 1. The number of anilines is 1. The fourth-order valence-corrected chi connectivity index (χ4v) is 6.32. The third-order valence-corrected chi connectivity index (χ3v) is 8.51. The molecule has 0 fully saturated rings. The molecule has 0 aliphatic carbocycles. The third kappa shape index (κ3) is 4.65. The number of imidazole rings is 1. The van der Waals surface area contributed by atoms with Crippen LogP contribution in [0.2, 0.25) is 0 Å². The Hall–Kier alpha value is -4.26. The first-order chi connectivity index (χ1) is 17.9. The summed E-state index contributed by atoms with van der Waals surface area (Å²) in [5.41, 5.74) is 3.08. The Morgan fingerprint density at radius 2 is 1.78 bits per heavy atom. The molecule has 1 N–H and O–H groups in total. The highest BCUT2D eigenvalue weighted by Crippen LogP contribution is 2.37. The van der Waals surface area contributed by atoms with Crippen molar-refractivity contribution in [2.24, 2.45) is 0 Å². The number of fused-ring (bicyclic) bond motifs is 1. The summed E-state index contributed by atoms with van der Waals surface area (Å²) >= 11 is 0. The van der Waals surface area contributed by atoms with E-state index in [0.29, 0.717) is 22.5 Å². The summed E-state index contributed by atoms with van der Waals surface area (Å²) < 4.78 is 29.3. The van der Waals surface area contributed by atoms with E-state index >= 15 is 0 Å². The Balaban J connectivity index is 1.71. The van der Waals surface area contributed by atoms with E-state index in [1.807, 2.05) is 37.3 Å². The molecular weight excluding hydrogens is 486 g/mol. The van der Waals surface area contributed by atoms with Crippen LogP contribution in [0, 0.1) is 11.3 Å². The fraction of sp³-hybridized carbons (Fsp3) is 0.179. The van der Waals surface area contributed by atoms with E-state index in [1.165, 1.54) is 16.4 Å². The van der Waals surface area contributed by atoms with Crippen molar-refractivity contribution in [1.82, 2.24) is 14.3 Å². The van der Waals surface area contributed by atoms with Crippen LogP contribution < -0.4 is 4.90 Å². The number of nitrogens with one attached hydrogen (secondary N) is 1. The maximum atomic E-state index is 14.4. The van der Waals surface area contributed by atoms with Crippen molar-refractivity contribution in [2.75, 3.05) is 4.90 Å². The number of H-pyrrole nitrogens is 1. The van der Waals surface area contributed by atoms with Crippen LogP contribution in [0.15, 0.2) is 96.3 Å². The number of carbonyl (C=O) groups excluding carboxylic acids is 1. The van der Waals surface area contributed by atoms with Crippen molar-refractivity contribution in [3.05, 3.63) is 114 Å². The Kier molecular flexibility index (Phi) is 6.61. The van der Waals surface area contributed by atoms with Crippen molar-refractivity contribution < 1.29 is 13.2 Å². The van der Waals surface area contributed by atoms with Crippen molar-refractivity contribution in [3.8, 4) is 6.07 Å². The zero-order chi connectivity index (χ0) is 26.0. The third-order valence-electron chi connectivity index (χ3n) is 6.64. The van der Waals surface area contributed by atoms with Crippen LogP contribution in [-0.4, -0.2) is 34.6 Å². The predicted molar refractivity (Wildman–Crippen MR) is 139 cm³/mol. The molecular formula is C28H25N5O3S. The SMILES string of the molecule is CC(c1cnc[nH]1)N1C(=O)C(Cc2ccccc2)N(S(=O)(=O)c2ccccc2)Cc2cc(C#N)ccc21. The van der Waals surface area contributed by atoms with Crippen molar-refractivity contribution >= 4 is 21.6 Å². The molecule has 0 saturated heterocycles. The molecule has 0 spiro atoms. The second kappa shape index (κ2) is 10.0. The zero-order valence-corrected chi connectivity index (χ0v) is 21.0. The highest BCUT2D eigenvalue weighted by atomic mass is 32.2. The molecule has 8 nitrogen and oxygen atoms in total. The molecule has 2 heterocycles. The first kappa shape index (κ1) is 24.4. The van der Waals surface area contributed by atoms with Crippen LogP contribution >= 0.6 is 0 Å². The second-order valence-corrected chi connectivity index (χ2v) is 10.8. The monoisotopic (exact) mass is 511 g/mol. The quantitative estimate of drug-likeness (QED) is 0.417. The number of rotatable bonds is 6. The number of aromatic amines is 1. The molecule has 4 aromatic rings. The number of hydrogen-bond donors (Lipinski definition) is 1. The molecule has 5 rings (SSSR count). The van der Waals surface area contributed by atoms with Gasteiger partial charge < -0.3 is 9.88 Å². The normalized spacial score (nSPS) is 17.0. The lowest BCUT2D eigenvalue weighted by molar-refractivity contribution is -0.122. The van der Waals surface area contributed by atoms with Gasteiger partial charge in [-0.1, -0.05) is 48.5 Å². The van der Waals surface area contributed by atoms with Gasteiger partial charge in [0, 0.05) is 12.2 Å². The maximum absolute atomic E-state index is 14.4. The predicted octanol–water partition coefficient (Wildman–Crippen LogP) is 4.19. The molecule has 9 heteroatoms. The topological polar surface area (TPSA) is 110 Å². The molecule has 1 amide bonds. The standard InChI is InChI=1S/C28H25N5O3S/c1-20(25-17-30-19-31-25)33-26-13-12-22(16-29)14-23(26)18-32(37(35,36)24-10-6-3-7-11-24)27(28(33)34)15-21-8-4-2-5-9-21/h2-14,17,19-20,27H,15,18H2,1H3,(H,30,31). The highest BCUT2D eigenvalue weighted by Gasteiger charge is 2.43. The minimum atomic E-state index is -4.07. The molecule has 0 bridgehead atoms. The Morgan fingerprint density at radius 3 is 2.43 bits per heavy atom. The molecule has 1 aromatic heterocycles. The Labute approximate surface area is 215 Å². The zero-order valence-electron chi connectivity index (χ0n) is 20.2. The lowest BCUT2D eigenvalue weighted by atomic mass is 10.0. The van der Waals surface area contributed by atoms with Crippen molar-refractivity contribution in [3.63, 3.8) is 0 Å². The summed E-state index contributed by atoms with van der Waals surface area (Å²) in [7, 11) is -4.07. The summed E-state index contributed by atoms with van der Waals surface area (Å²) in [5.74, 6) is -0.353. The van der Waals surface area contributed by atoms with E-state index in [4.69, 9.17) is 0 Å². The molecule has 1 aliphatic rings. The minimum absolute atomic E-state index is 0.0580. The number of nitriles is 1. The summed E-state index contributed by atoms with van der Waals surface area (Å²) in [4.78, 5) is 23.3. The van der Waals surface area contributed by atoms with Gasteiger partial charge in [-0.15, -0.1) is 0 Å². The number of sulfonamides is 1. The van der Waals surface area contributed by atoms with Crippen molar-refractivity contribution in [2.45, 2.75) is 36.9 Å². The van der Waals surface area contributed by atoms with Gasteiger partial charge in [-0.25, -0.2) is 13.4 Å². The molecule has 37 heavy (non-hydrogen) atoms. The number of hydrogen-bond acceptors (Lipinski definition) is 5. The van der Waals surface area contributed by atoms with Crippen LogP contribution in [0.1, 0.15) is 35.3 Å². The van der Waals surface area contributed by atoms with E-state index in [-0.39, 0.29) is 23.8 Å². The van der Waals surface area contributed by atoms with E-state index in [2.05, 4.69) is 16.0 Å². The number of benzene rings is 3. The second-order valence-electron chi connectivity index (χ2n) is 8.92. The van der Waals surface area contributed by atoms with Gasteiger partial charge in [0.25, 0.3) is 0 Å². The van der Waals surface area contributed by atoms with Gasteiger partial charge in [-0.2, -0.15) is 9.57 Å². The van der Waals surface area contributed by atoms with Crippen LogP contribution in [0.4, 0.5) is 5.69 Å². The Bertz CT molecular complexity index is 1550. The molecule has 1 aliphatic heterocycles. The lowest BCUT2D eigenvalue weighted by Gasteiger charge is -2.33.